The molecule has 0 aliphatic heterocycles. The van der Waals surface area contributed by atoms with Crippen molar-refractivity contribution >= 4 is 5.97 Å². The molecule has 0 saturated heterocycles. The Morgan fingerprint density at radius 2 is 2.25 bits per heavy atom. The van der Waals surface area contributed by atoms with Crippen LogP contribution in [0.2, 0.25) is 0 Å². The second kappa shape index (κ2) is 4.09. The minimum absolute atomic E-state index is 0.0389. The predicted molar refractivity (Wildman–Crippen MR) is 55.2 cm³/mol. The lowest BCUT2D eigenvalue weighted by Gasteiger charge is -1.99. The van der Waals surface area contributed by atoms with Gasteiger partial charge in [0.05, 0.1) is 12.8 Å². The Hall–Kier alpha value is -2.24. The molecule has 2 rings (SSSR count). The molecule has 6 heteroatoms. The van der Waals surface area contributed by atoms with Crippen molar-refractivity contribution in [1.29, 1.82) is 0 Å². The van der Waals surface area contributed by atoms with Gasteiger partial charge in [-0.05, 0) is 19.1 Å². The number of aromatic nitrogens is 4. The van der Waals surface area contributed by atoms with E-state index in [0.29, 0.717) is 0 Å². The van der Waals surface area contributed by atoms with Crippen LogP contribution in [0.3, 0.4) is 0 Å². The van der Waals surface area contributed by atoms with Gasteiger partial charge in [-0.2, -0.15) is 0 Å². The number of rotatable bonds is 2. The van der Waals surface area contributed by atoms with Gasteiger partial charge in [-0.15, -0.1) is 5.10 Å². The SMILES string of the molecule is COC(=O)c1ncn(-c2ccnc(C)c2)n1. The molecule has 0 spiro atoms. The first-order chi connectivity index (χ1) is 7.70. The van der Waals surface area contributed by atoms with Gasteiger partial charge in [0.1, 0.15) is 6.33 Å². The molecular weight excluding hydrogens is 208 g/mol. The largest absolute Gasteiger partial charge is 0.463 e. The summed E-state index contributed by atoms with van der Waals surface area (Å²) < 4.78 is 6.02. The third-order valence-corrected chi connectivity index (χ3v) is 2.00. The van der Waals surface area contributed by atoms with E-state index < -0.39 is 5.97 Å². The molecule has 0 N–H and O–H groups in total. The van der Waals surface area contributed by atoms with Crippen LogP contribution in [-0.4, -0.2) is 32.8 Å². The average Bonchev–Trinajstić information content (AvgIpc) is 2.77. The van der Waals surface area contributed by atoms with E-state index in [2.05, 4.69) is 19.8 Å². The van der Waals surface area contributed by atoms with Gasteiger partial charge in [-0.3, -0.25) is 4.98 Å². The lowest BCUT2D eigenvalue weighted by atomic mass is 10.3. The Morgan fingerprint density at radius 3 is 2.94 bits per heavy atom. The average molecular weight is 218 g/mol. The molecule has 0 radical (unpaired) electrons. The third kappa shape index (κ3) is 1.90. The molecule has 0 atom stereocenters. The summed E-state index contributed by atoms with van der Waals surface area (Å²) in [5.74, 6) is -0.513. The van der Waals surface area contributed by atoms with E-state index in [1.54, 1.807) is 12.3 Å². The number of aryl methyl sites for hydroxylation is 1. The number of ether oxygens (including phenoxy) is 1. The first kappa shape index (κ1) is 10.3. The molecule has 2 aromatic rings. The van der Waals surface area contributed by atoms with Gasteiger partial charge in [-0.1, -0.05) is 0 Å². The molecule has 2 aromatic heterocycles. The highest BCUT2D eigenvalue weighted by Crippen LogP contribution is 2.06. The summed E-state index contributed by atoms with van der Waals surface area (Å²) in [5.41, 5.74) is 1.67. The quantitative estimate of drug-likeness (QED) is 0.696. The molecule has 0 saturated carbocycles. The van der Waals surface area contributed by atoms with Gasteiger partial charge < -0.3 is 4.74 Å². The van der Waals surface area contributed by atoms with Crippen LogP contribution in [0.5, 0.6) is 0 Å². The summed E-state index contributed by atoms with van der Waals surface area (Å²) >= 11 is 0. The van der Waals surface area contributed by atoms with Gasteiger partial charge in [-0.25, -0.2) is 14.5 Å². The monoisotopic (exact) mass is 218 g/mol. The van der Waals surface area contributed by atoms with E-state index in [-0.39, 0.29) is 5.82 Å². The van der Waals surface area contributed by atoms with E-state index in [0.717, 1.165) is 11.4 Å². The second-order valence-corrected chi connectivity index (χ2v) is 3.16. The van der Waals surface area contributed by atoms with Crippen LogP contribution in [-0.2, 0) is 4.74 Å². The summed E-state index contributed by atoms with van der Waals surface area (Å²) in [5, 5.41) is 4.00. The van der Waals surface area contributed by atoms with Crippen molar-refractivity contribution in [2.75, 3.05) is 7.11 Å². The molecule has 0 fully saturated rings. The number of hydrogen-bond donors (Lipinski definition) is 0. The van der Waals surface area contributed by atoms with Crippen molar-refractivity contribution in [3.05, 3.63) is 36.2 Å². The maximum atomic E-state index is 11.2. The van der Waals surface area contributed by atoms with E-state index in [1.807, 2.05) is 13.0 Å². The topological polar surface area (TPSA) is 69.9 Å². The van der Waals surface area contributed by atoms with E-state index in [4.69, 9.17) is 0 Å². The predicted octanol–water partition coefficient (Wildman–Crippen LogP) is 0.757. The van der Waals surface area contributed by atoms with Gasteiger partial charge in [0.25, 0.3) is 5.82 Å². The van der Waals surface area contributed by atoms with E-state index >= 15 is 0 Å². The maximum Gasteiger partial charge on any atom is 0.377 e. The summed E-state index contributed by atoms with van der Waals surface area (Å²) in [4.78, 5) is 19.1. The zero-order chi connectivity index (χ0) is 11.5. The van der Waals surface area contributed by atoms with Crippen LogP contribution in [0.1, 0.15) is 16.3 Å². The molecule has 0 aromatic carbocycles. The van der Waals surface area contributed by atoms with Crippen LogP contribution < -0.4 is 0 Å². The molecule has 0 aliphatic carbocycles. The Balaban J connectivity index is 2.35. The van der Waals surface area contributed by atoms with Crippen molar-refractivity contribution in [3.63, 3.8) is 0 Å². The fourth-order valence-corrected chi connectivity index (χ4v) is 1.25. The van der Waals surface area contributed by atoms with Crippen molar-refractivity contribution in [2.24, 2.45) is 0 Å². The molecular formula is C10H10N4O2. The first-order valence-electron chi connectivity index (χ1n) is 4.63. The summed E-state index contributed by atoms with van der Waals surface area (Å²) in [6.07, 6.45) is 3.13. The molecule has 82 valence electrons. The minimum Gasteiger partial charge on any atom is -0.463 e. The number of hydrogen-bond acceptors (Lipinski definition) is 5. The van der Waals surface area contributed by atoms with Crippen molar-refractivity contribution < 1.29 is 9.53 Å². The fourth-order valence-electron chi connectivity index (χ4n) is 1.25. The smallest absolute Gasteiger partial charge is 0.377 e. The van der Waals surface area contributed by atoms with Crippen molar-refractivity contribution in [3.8, 4) is 5.69 Å². The lowest BCUT2D eigenvalue weighted by molar-refractivity contribution is 0.0587. The third-order valence-electron chi connectivity index (χ3n) is 2.00. The molecule has 2 heterocycles. The van der Waals surface area contributed by atoms with Crippen LogP contribution in [0.4, 0.5) is 0 Å². The Labute approximate surface area is 91.9 Å². The van der Waals surface area contributed by atoms with Crippen molar-refractivity contribution in [2.45, 2.75) is 6.92 Å². The van der Waals surface area contributed by atoms with Crippen molar-refractivity contribution in [1.82, 2.24) is 19.7 Å². The number of carbonyl (C=O) groups is 1. The summed E-state index contributed by atoms with van der Waals surface area (Å²) in [6.45, 7) is 1.88. The van der Waals surface area contributed by atoms with Crippen LogP contribution in [0.25, 0.3) is 5.69 Å². The Kier molecular flexibility index (Phi) is 2.63. The number of methoxy groups -OCH3 is 1. The summed E-state index contributed by atoms with van der Waals surface area (Å²) in [6, 6.07) is 3.62. The Morgan fingerprint density at radius 1 is 1.44 bits per heavy atom. The van der Waals surface area contributed by atoms with Gasteiger partial charge in [0, 0.05) is 11.9 Å². The van der Waals surface area contributed by atoms with Crippen LogP contribution >= 0.6 is 0 Å². The van der Waals surface area contributed by atoms with Crippen LogP contribution in [0.15, 0.2) is 24.7 Å². The highest BCUT2D eigenvalue weighted by atomic mass is 16.5. The summed E-state index contributed by atoms with van der Waals surface area (Å²) in [7, 11) is 1.29. The zero-order valence-electron chi connectivity index (χ0n) is 8.91. The van der Waals surface area contributed by atoms with Crippen LogP contribution in [0, 0.1) is 6.92 Å². The van der Waals surface area contributed by atoms with Gasteiger partial charge >= 0.3 is 5.97 Å². The molecule has 16 heavy (non-hydrogen) atoms. The van der Waals surface area contributed by atoms with Gasteiger partial charge in [0.15, 0.2) is 0 Å². The Bertz CT molecular complexity index is 521. The fraction of sp³-hybridized carbons (Fsp3) is 0.200. The lowest BCUT2D eigenvalue weighted by Crippen LogP contribution is -2.05. The van der Waals surface area contributed by atoms with E-state index in [1.165, 1.54) is 18.1 Å². The minimum atomic E-state index is -0.551. The normalized spacial score (nSPS) is 10.1. The van der Waals surface area contributed by atoms with E-state index in [9.17, 15) is 4.79 Å². The molecule has 0 bridgehead atoms. The molecule has 0 amide bonds. The highest BCUT2D eigenvalue weighted by Gasteiger charge is 2.11. The number of carbonyl (C=O) groups excluding carboxylic acids is 1. The molecule has 0 unspecified atom stereocenters. The second-order valence-electron chi connectivity index (χ2n) is 3.16. The standard InChI is InChI=1S/C10H10N4O2/c1-7-5-8(3-4-11-7)14-6-12-9(13-14)10(15)16-2/h3-6H,1-2H3. The molecule has 6 nitrogen and oxygen atoms in total. The number of pyridine rings is 1. The maximum absolute atomic E-state index is 11.2. The van der Waals surface area contributed by atoms with Gasteiger partial charge in [0.2, 0.25) is 0 Å². The zero-order valence-corrected chi connectivity index (χ0v) is 8.91. The first-order valence-corrected chi connectivity index (χ1v) is 4.63. The molecule has 0 aliphatic rings. The highest BCUT2D eigenvalue weighted by molar-refractivity contribution is 5.84. The number of nitrogens with zero attached hydrogens (tertiary/aromatic N) is 4. The number of esters is 1.